The number of thiophene rings is 1. The van der Waals surface area contributed by atoms with Crippen molar-refractivity contribution in [1.82, 2.24) is 10.6 Å². The molecule has 0 fully saturated rings. The standard InChI is InChI=1S/C17H20N2S2/c1-12(2)11-18-17(20)19-16(15-5-4-10-21-15)14-8-6-13(3)7-9-14/h4-10,16H,1,11H2,2-3H3,(H2,18,19,20)/t16-/m1/s1. The first kappa shape index (κ1) is 15.7. The number of hydrogen-bond donors (Lipinski definition) is 2. The smallest absolute Gasteiger partial charge is 0.167 e. The third-order valence-corrected chi connectivity index (χ3v) is 4.26. The van der Waals surface area contributed by atoms with Crippen molar-refractivity contribution in [1.29, 1.82) is 0 Å². The monoisotopic (exact) mass is 316 g/mol. The molecule has 0 aliphatic heterocycles. The summed E-state index contributed by atoms with van der Waals surface area (Å²) in [5.74, 6) is 0. The Morgan fingerprint density at radius 1 is 1.29 bits per heavy atom. The molecule has 2 N–H and O–H groups in total. The Kier molecular flexibility index (Phi) is 5.53. The SMILES string of the molecule is C=C(C)CNC(=S)N[C@H](c1ccc(C)cc1)c1cccs1. The van der Waals surface area contributed by atoms with Crippen LogP contribution in [0.1, 0.15) is 29.0 Å². The molecule has 2 nitrogen and oxygen atoms in total. The highest BCUT2D eigenvalue weighted by atomic mass is 32.1. The van der Waals surface area contributed by atoms with E-state index in [1.165, 1.54) is 16.0 Å². The molecular formula is C17H20N2S2. The van der Waals surface area contributed by atoms with E-state index in [9.17, 15) is 0 Å². The van der Waals surface area contributed by atoms with Crippen molar-refractivity contribution in [3.8, 4) is 0 Å². The van der Waals surface area contributed by atoms with Gasteiger partial charge in [-0.2, -0.15) is 0 Å². The number of thiocarbonyl (C=S) groups is 1. The third kappa shape index (κ3) is 4.69. The van der Waals surface area contributed by atoms with Crippen molar-refractivity contribution < 1.29 is 0 Å². The lowest BCUT2D eigenvalue weighted by atomic mass is 10.0. The Morgan fingerprint density at radius 3 is 2.57 bits per heavy atom. The molecule has 0 unspecified atom stereocenters. The molecule has 0 aliphatic carbocycles. The molecule has 0 amide bonds. The van der Waals surface area contributed by atoms with Gasteiger partial charge < -0.3 is 10.6 Å². The predicted molar refractivity (Wildman–Crippen MR) is 95.9 cm³/mol. The van der Waals surface area contributed by atoms with Crippen molar-refractivity contribution in [3.63, 3.8) is 0 Å². The molecular weight excluding hydrogens is 296 g/mol. The minimum atomic E-state index is 0.0794. The zero-order valence-corrected chi connectivity index (χ0v) is 14.0. The molecule has 0 spiro atoms. The topological polar surface area (TPSA) is 24.1 Å². The van der Waals surface area contributed by atoms with Gasteiger partial charge in [-0.25, -0.2) is 0 Å². The molecule has 21 heavy (non-hydrogen) atoms. The summed E-state index contributed by atoms with van der Waals surface area (Å²) in [5.41, 5.74) is 3.52. The molecule has 4 heteroatoms. The summed E-state index contributed by atoms with van der Waals surface area (Å²) in [7, 11) is 0. The number of aryl methyl sites for hydroxylation is 1. The summed E-state index contributed by atoms with van der Waals surface area (Å²) in [5, 5.41) is 9.32. The van der Waals surface area contributed by atoms with E-state index < -0.39 is 0 Å². The Hall–Kier alpha value is -1.65. The highest BCUT2D eigenvalue weighted by molar-refractivity contribution is 7.80. The normalized spacial score (nSPS) is 11.7. The maximum Gasteiger partial charge on any atom is 0.167 e. The van der Waals surface area contributed by atoms with Gasteiger partial charge in [0.05, 0.1) is 6.04 Å². The second kappa shape index (κ2) is 7.38. The van der Waals surface area contributed by atoms with Gasteiger partial charge in [0.2, 0.25) is 0 Å². The molecule has 0 saturated heterocycles. The molecule has 0 bridgehead atoms. The van der Waals surface area contributed by atoms with Crippen LogP contribution in [-0.4, -0.2) is 11.7 Å². The lowest BCUT2D eigenvalue weighted by molar-refractivity contribution is 0.757. The van der Waals surface area contributed by atoms with Gasteiger partial charge >= 0.3 is 0 Å². The average Bonchev–Trinajstić information content (AvgIpc) is 2.97. The highest BCUT2D eigenvalue weighted by Crippen LogP contribution is 2.26. The minimum absolute atomic E-state index is 0.0794. The molecule has 110 valence electrons. The van der Waals surface area contributed by atoms with Gasteiger partial charge in [0, 0.05) is 11.4 Å². The van der Waals surface area contributed by atoms with Gasteiger partial charge in [-0.15, -0.1) is 11.3 Å². The van der Waals surface area contributed by atoms with Gasteiger partial charge in [0.15, 0.2) is 5.11 Å². The fourth-order valence-corrected chi connectivity index (χ4v) is 2.94. The van der Waals surface area contributed by atoms with Crippen LogP contribution in [0.4, 0.5) is 0 Å². The molecule has 2 aromatic rings. The predicted octanol–water partition coefficient (Wildman–Crippen LogP) is 4.19. The second-order valence-corrected chi connectivity index (χ2v) is 6.53. The fraction of sp³-hybridized carbons (Fsp3) is 0.235. The molecule has 2 rings (SSSR count). The van der Waals surface area contributed by atoms with E-state index >= 15 is 0 Å². The summed E-state index contributed by atoms with van der Waals surface area (Å²) in [6.45, 7) is 8.64. The van der Waals surface area contributed by atoms with Crippen LogP contribution < -0.4 is 10.6 Å². The van der Waals surface area contributed by atoms with Gasteiger partial charge in [-0.3, -0.25) is 0 Å². The van der Waals surface area contributed by atoms with Crippen LogP contribution in [0.2, 0.25) is 0 Å². The molecule has 1 aromatic heterocycles. The van der Waals surface area contributed by atoms with E-state index in [0.717, 1.165) is 5.57 Å². The molecule has 1 heterocycles. The highest BCUT2D eigenvalue weighted by Gasteiger charge is 2.16. The molecule has 1 aromatic carbocycles. The number of nitrogens with one attached hydrogen (secondary N) is 2. The van der Waals surface area contributed by atoms with Crippen LogP contribution in [0.3, 0.4) is 0 Å². The zero-order valence-electron chi connectivity index (χ0n) is 12.3. The van der Waals surface area contributed by atoms with Gasteiger partial charge in [-0.1, -0.05) is 48.0 Å². The number of rotatable bonds is 5. The first-order valence-electron chi connectivity index (χ1n) is 6.85. The fourth-order valence-electron chi connectivity index (χ4n) is 1.95. The molecule has 0 saturated carbocycles. The van der Waals surface area contributed by atoms with Crippen molar-refractivity contribution in [2.24, 2.45) is 0 Å². The van der Waals surface area contributed by atoms with E-state index in [1.807, 2.05) is 6.92 Å². The molecule has 0 aliphatic rings. The lowest BCUT2D eigenvalue weighted by Crippen LogP contribution is -2.38. The van der Waals surface area contributed by atoms with E-state index in [-0.39, 0.29) is 6.04 Å². The van der Waals surface area contributed by atoms with Crippen LogP contribution in [0, 0.1) is 6.92 Å². The minimum Gasteiger partial charge on any atom is -0.359 e. The van der Waals surface area contributed by atoms with E-state index in [2.05, 4.69) is 65.9 Å². The Labute approximate surface area is 135 Å². The van der Waals surface area contributed by atoms with Crippen molar-refractivity contribution in [2.75, 3.05) is 6.54 Å². The summed E-state index contributed by atoms with van der Waals surface area (Å²) in [6, 6.07) is 12.8. The van der Waals surface area contributed by atoms with Crippen molar-refractivity contribution in [2.45, 2.75) is 19.9 Å². The van der Waals surface area contributed by atoms with Crippen LogP contribution in [0.5, 0.6) is 0 Å². The largest absolute Gasteiger partial charge is 0.359 e. The van der Waals surface area contributed by atoms with Gasteiger partial charge in [0.1, 0.15) is 0 Å². The number of hydrogen-bond acceptors (Lipinski definition) is 2. The summed E-state index contributed by atoms with van der Waals surface area (Å²) >= 11 is 7.12. The second-order valence-electron chi connectivity index (χ2n) is 5.14. The summed E-state index contributed by atoms with van der Waals surface area (Å²) < 4.78 is 0. The van der Waals surface area contributed by atoms with E-state index in [1.54, 1.807) is 11.3 Å². The Bertz CT molecular complexity index is 600. The summed E-state index contributed by atoms with van der Waals surface area (Å²) in [4.78, 5) is 1.25. The average molecular weight is 316 g/mol. The first-order valence-corrected chi connectivity index (χ1v) is 8.14. The lowest BCUT2D eigenvalue weighted by Gasteiger charge is -2.20. The number of benzene rings is 1. The molecule has 0 radical (unpaired) electrons. The van der Waals surface area contributed by atoms with E-state index in [4.69, 9.17) is 12.2 Å². The first-order chi connectivity index (χ1) is 10.1. The zero-order chi connectivity index (χ0) is 15.2. The van der Waals surface area contributed by atoms with Crippen molar-refractivity contribution >= 4 is 28.7 Å². The van der Waals surface area contributed by atoms with Crippen LogP contribution in [0.25, 0.3) is 0 Å². The van der Waals surface area contributed by atoms with Gasteiger partial charge in [0.25, 0.3) is 0 Å². The Morgan fingerprint density at radius 2 is 2.00 bits per heavy atom. The van der Waals surface area contributed by atoms with Crippen LogP contribution in [0.15, 0.2) is 53.9 Å². The quantitative estimate of drug-likeness (QED) is 0.639. The van der Waals surface area contributed by atoms with Crippen LogP contribution in [-0.2, 0) is 0 Å². The van der Waals surface area contributed by atoms with Crippen LogP contribution >= 0.6 is 23.6 Å². The maximum atomic E-state index is 5.39. The molecule has 1 atom stereocenters. The van der Waals surface area contributed by atoms with E-state index in [0.29, 0.717) is 11.7 Å². The Balaban J connectivity index is 2.15. The van der Waals surface area contributed by atoms with Crippen molar-refractivity contribution in [3.05, 3.63) is 69.9 Å². The van der Waals surface area contributed by atoms with Gasteiger partial charge in [-0.05, 0) is 43.1 Å². The third-order valence-electron chi connectivity index (χ3n) is 3.06. The summed E-state index contributed by atoms with van der Waals surface area (Å²) in [6.07, 6.45) is 0. The maximum absolute atomic E-state index is 5.39.